The lowest BCUT2D eigenvalue weighted by molar-refractivity contribution is -0.131. The maximum atomic E-state index is 12.0. The number of carbonyl (C=O) groups is 1. The van der Waals surface area contributed by atoms with Crippen LogP contribution < -0.4 is 5.73 Å². The lowest BCUT2D eigenvalue weighted by atomic mass is 9.90. The Kier molecular flexibility index (Phi) is 4.40. The van der Waals surface area contributed by atoms with Crippen molar-refractivity contribution < 1.29 is 4.79 Å². The molecule has 2 rings (SSSR count). The van der Waals surface area contributed by atoms with E-state index in [1.165, 1.54) is 25.7 Å². The summed E-state index contributed by atoms with van der Waals surface area (Å²) in [4.78, 5) is 16.2. The number of likely N-dealkylation sites (N-methyl/N-ethyl adjacent to an activating group) is 1. The lowest BCUT2D eigenvalue weighted by Crippen LogP contribution is -2.51. The molecule has 0 aromatic carbocycles. The van der Waals surface area contributed by atoms with Gasteiger partial charge in [-0.3, -0.25) is 9.69 Å². The minimum Gasteiger partial charge on any atom is -0.342 e. The van der Waals surface area contributed by atoms with Gasteiger partial charge in [0.1, 0.15) is 0 Å². The number of nitrogens with two attached hydrogens (primary N) is 1. The Morgan fingerprint density at radius 1 is 1.24 bits per heavy atom. The Bertz CT molecular complexity index is 263. The molecular weight excluding hydrogens is 214 g/mol. The summed E-state index contributed by atoms with van der Waals surface area (Å²) >= 11 is 0. The van der Waals surface area contributed by atoms with E-state index in [1.54, 1.807) is 0 Å². The minimum absolute atomic E-state index is 0.250. The molecule has 98 valence electrons. The molecule has 4 heteroatoms. The van der Waals surface area contributed by atoms with E-state index in [4.69, 9.17) is 5.73 Å². The van der Waals surface area contributed by atoms with Crippen LogP contribution in [0.15, 0.2) is 0 Å². The molecule has 0 radical (unpaired) electrons. The number of likely N-dealkylation sites (tertiary alicyclic amines) is 1. The minimum atomic E-state index is 0.250. The first-order valence-corrected chi connectivity index (χ1v) is 6.92. The quantitative estimate of drug-likeness (QED) is 0.793. The third-order valence-corrected chi connectivity index (χ3v) is 4.19. The van der Waals surface area contributed by atoms with Crippen LogP contribution in [0.2, 0.25) is 0 Å². The number of amides is 1. The second kappa shape index (κ2) is 5.83. The van der Waals surface area contributed by atoms with Gasteiger partial charge in [0.05, 0.1) is 6.54 Å². The van der Waals surface area contributed by atoms with E-state index in [0.717, 1.165) is 25.9 Å². The summed E-state index contributed by atoms with van der Waals surface area (Å²) in [6.07, 6.45) is 7.07. The average molecular weight is 239 g/mol. The van der Waals surface area contributed by atoms with Crippen molar-refractivity contribution in [3.05, 3.63) is 0 Å². The van der Waals surface area contributed by atoms with Gasteiger partial charge in [-0.2, -0.15) is 0 Å². The van der Waals surface area contributed by atoms with Crippen molar-refractivity contribution in [3.8, 4) is 0 Å². The highest BCUT2D eigenvalue weighted by Crippen LogP contribution is 2.21. The molecule has 2 N–H and O–H groups in total. The molecule has 1 aliphatic carbocycles. The Balaban J connectivity index is 1.82. The first-order valence-electron chi connectivity index (χ1n) is 6.92. The topological polar surface area (TPSA) is 49.6 Å². The van der Waals surface area contributed by atoms with E-state index < -0.39 is 0 Å². The molecule has 2 atom stereocenters. The van der Waals surface area contributed by atoms with Crippen LogP contribution >= 0.6 is 0 Å². The molecular formula is C13H25N3O. The van der Waals surface area contributed by atoms with Crippen molar-refractivity contribution in [2.75, 3.05) is 26.7 Å². The highest BCUT2D eigenvalue weighted by atomic mass is 16.2. The van der Waals surface area contributed by atoms with Crippen LogP contribution in [0.1, 0.15) is 38.5 Å². The maximum Gasteiger partial charge on any atom is 0.236 e. The fourth-order valence-electron chi connectivity index (χ4n) is 3.08. The number of rotatable bonds is 3. The third kappa shape index (κ3) is 3.19. The van der Waals surface area contributed by atoms with Crippen molar-refractivity contribution in [1.29, 1.82) is 0 Å². The summed E-state index contributed by atoms with van der Waals surface area (Å²) < 4.78 is 0. The summed E-state index contributed by atoms with van der Waals surface area (Å²) in [5, 5.41) is 0. The van der Waals surface area contributed by atoms with Crippen molar-refractivity contribution in [2.24, 2.45) is 5.73 Å². The highest BCUT2D eigenvalue weighted by molar-refractivity contribution is 5.78. The van der Waals surface area contributed by atoms with Gasteiger partial charge in [-0.1, -0.05) is 12.8 Å². The zero-order valence-corrected chi connectivity index (χ0v) is 10.9. The van der Waals surface area contributed by atoms with Crippen LogP contribution in [-0.4, -0.2) is 54.5 Å². The van der Waals surface area contributed by atoms with Gasteiger partial charge in [-0.25, -0.2) is 0 Å². The zero-order chi connectivity index (χ0) is 12.3. The van der Waals surface area contributed by atoms with Crippen molar-refractivity contribution >= 4 is 5.91 Å². The van der Waals surface area contributed by atoms with Crippen molar-refractivity contribution in [3.63, 3.8) is 0 Å². The number of hydrogen-bond acceptors (Lipinski definition) is 3. The summed E-state index contributed by atoms with van der Waals surface area (Å²) in [5.41, 5.74) is 6.14. The van der Waals surface area contributed by atoms with Gasteiger partial charge in [0.25, 0.3) is 0 Å². The Morgan fingerprint density at radius 2 is 1.88 bits per heavy atom. The Labute approximate surface area is 104 Å². The van der Waals surface area contributed by atoms with Gasteiger partial charge in [-0.15, -0.1) is 0 Å². The summed E-state index contributed by atoms with van der Waals surface area (Å²) in [7, 11) is 2.05. The Morgan fingerprint density at radius 3 is 2.53 bits per heavy atom. The number of hydrogen-bond donors (Lipinski definition) is 1. The molecule has 1 amide bonds. The molecule has 17 heavy (non-hydrogen) atoms. The van der Waals surface area contributed by atoms with E-state index in [1.807, 2.05) is 11.9 Å². The molecule has 1 saturated carbocycles. The van der Waals surface area contributed by atoms with Crippen molar-refractivity contribution in [2.45, 2.75) is 50.6 Å². The predicted molar refractivity (Wildman–Crippen MR) is 68.7 cm³/mol. The van der Waals surface area contributed by atoms with Crippen LogP contribution in [-0.2, 0) is 4.79 Å². The number of carbonyl (C=O) groups excluding carboxylic acids is 1. The molecule has 1 saturated heterocycles. The summed E-state index contributed by atoms with van der Waals surface area (Å²) in [5.74, 6) is 0.280. The fraction of sp³-hybridized carbons (Fsp3) is 0.923. The van der Waals surface area contributed by atoms with Gasteiger partial charge in [0, 0.05) is 25.2 Å². The Hall–Kier alpha value is -0.610. The monoisotopic (exact) mass is 239 g/mol. The second-order valence-electron chi connectivity index (χ2n) is 5.52. The largest absolute Gasteiger partial charge is 0.342 e. The van der Waals surface area contributed by atoms with Crippen LogP contribution in [0.3, 0.4) is 0 Å². The highest BCUT2D eigenvalue weighted by Gasteiger charge is 2.28. The van der Waals surface area contributed by atoms with E-state index in [2.05, 4.69) is 4.90 Å². The molecule has 1 aliphatic heterocycles. The second-order valence-corrected chi connectivity index (χ2v) is 5.52. The first-order chi connectivity index (χ1) is 8.18. The smallest absolute Gasteiger partial charge is 0.236 e. The molecule has 0 spiro atoms. The summed E-state index contributed by atoms with van der Waals surface area (Å²) in [6, 6.07) is 0.649. The molecule has 0 aromatic heterocycles. The molecule has 2 unspecified atom stereocenters. The van der Waals surface area contributed by atoms with E-state index in [9.17, 15) is 4.79 Å². The number of nitrogens with zero attached hydrogens (tertiary/aromatic N) is 2. The van der Waals surface area contributed by atoms with Gasteiger partial charge < -0.3 is 10.6 Å². The van der Waals surface area contributed by atoms with Crippen LogP contribution in [0.4, 0.5) is 0 Å². The summed E-state index contributed by atoms with van der Waals surface area (Å²) in [6.45, 7) is 2.44. The lowest BCUT2D eigenvalue weighted by Gasteiger charge is -2.36. The van der Waals surface area contributed by atoms with Crippen LogP contribution in [0.5, 0.6) is 0 Å². The van der Waals surface area contributed by atoms with Gasteiger partial charge in [-0.05, 0) is 32.7 Å². The van der Waals surface area contributed by atoms with Gasteiger partial charge >= 0.3 is 0 Å². The maximum absolute atomic E-state index is 12.0. The predicted octanol–water partition coefficient (Wildman–Crippen LogP) is 0.811. The van der Waals surface area contributed by atoms with Crippen LogP contribution in [0.25, 0.3) is 0 Å². The van der Waals surface area contributed by atoms with Gasteiger partial charge in [0.2, 0.25) is 5.91 Å². The SMILES string of the molecule is CN(CC(=O)N1CCCC1)C1CCCCC1N. The van der Waals surface area contributed by atoms with E-state index in [-0.39, 0.29) is 11.9 Å². The normalized spacial score (nSPS) is 29.9. The van der Waals surface area contributed by atoms with Gasteiger partial charge in [0.15, 0.2) is 0 Å². The van der Waals surface area contributed by atoms with E-state index in [0.29, 0.717) is 12.6 Å². The standard InChI is InChI=1S/C13H25N3O/c1-15(12-7-3-2-6-11(12)14)10-13(17)16-8-4-5-9-16/h11-12H,2-10,14H2,1H3. The average Bonchev–Trinajstić information content (AvgIpc) is 2.82. The molecule has 4 nitrogen and oxygen atoms in total. The van der Waals surface area contributed by atoms with Crippen LogP contribution in [0, 0.1) is 0 Å². The molecule has 0 aromatic rings. The fourth-order valence-corrected chi connectivity index (χ4v) is 3.08. The molecule has 2 aliphatic rings. The molecule has 2 fully saturated rings. The van der Waals surface area contributed by atoms with Crippen molar-refractivity contribution in [1.82, 2.24) is 9.80 Å². The zero-order valence-electron chi connectivity index (χ0n) is 10.9. The molecule has 0 bridgehead atoms. The first kappa shape index (κ1) is 12.8. The van der Waals surface area contributed by atoms with E-state index >= 15 is 0 Å². The molecule has 1 heterocycles. The third-order valence-electron chi connectivity index (χ3n) is 4.19.